The van der Waals surface area contributed by atoms with Crippen molar-refractivity contribution in [2.24, 2.45) is 5.73 Å². The summed E-state index contributed by atoms with van der Waals surface area (Å²) in [5.74, 6) is 0.581. The minimum absolute atomic E-state index is 0.0923. The Kier molecular flexibility index (Phi) is 2.21. The lowest BCUT2D eigenvalue weighted by molar-refractivity contribution is -0.133. The second-order valence-corrected chi connectivity index (χ2v) is 4.73. The Labute approximate surface area is 95.2 Å². The largest absolute Gasteiger partial charge is 0.340 e. The Balaban J connectivity index is 2.13. The van der Waals surface area contributed by atoms with Gasteiger partial charge in [0.2, 0.25) is 5.91 Å². The van der Waals surface area contributed by atoms with Crippen LogP contribution in [-0.2, 0) is 4.79 Å². The van der Waals surface area contributed by atoms with Gasteiger partial charge < -0.3 is 10.6 Å². The van der Waals surface area contributed by atoms with E-state index in [4.69, 9.17) is 5.73 Å². The highest BCUT2D eigenvalue weighted by Gasteiger charge is 2.34. The quantitative estimate of drug-likeness (QED) is 0.712. The van der Waals surface area contributed by atoms with Gasteiger partial charge >= 0.3 is 0 Å². The van der Waals surface area contributed by atoms with Gasteiger partial charge in [0, 0.05) is 19.0 Å². The summed E-state index contributed by atoms with van der Waals surface area (Å²) in [6.07, 6.45) is 2.27. The third-order valence-corrected chi connectivity index (χ3v) is 3.77. The van der Waals surface area contributed by atoms with Gasteiger partial charge in [0.15, 0.2) is 0 Å². The van der Waals surface area contributed by atoms with E-state index in [9.17, 15) is 4.79 Å². The van der Waals surface area contributed by atoms with Gasteiger partial charge in [-0.15, -0.1) is 0 Å². The fraction of sp³-hybridized carbons (Fsp3) is 0.462. The summed E-state index contributed by atoms with van der Waals surface area (Å²) in [7, 11) is 0. The molecule has 3 nitrogen and oxygen atoms in total. The van der Waals surface area contributed by atoms with Gasteiger partial charge in [0.1, 0.15) is 6.04 Å². The van der Waals surface area contributed by atoms with E-state index >= 15 is 0 Å². The Morgan fingerprint density at radius 1 is 1.25 bits per heavy atom. The number of hydrogen-bond acceptors (Lipinski definition) is 2. The van der Waals surface area contributed by atoms with Crippen LogP contribution in [0.3, 0.4) is 0 Å². The molecule has 84 valence electrons. The van der Waals surface area contributed by atoms with Crippen molar-refractivity contribution >= 4 is 5.91 Å². The first-order chi connectivity index (χ1) is 7.77. The van der Waals surface area contributed by atoms with E-state index in [0.29, 0.717) is 5.92 Å². The molecule has 1 aromatic carbocycles. The summed E-state index contributed by atoms with van der Waals surface area (Å²) in [6, 6.07) is 7.68. The molecule has 2 heterocycles. The van der Waals surface area contributed by atoms with E-state index in [0.717, 1.165) is 25.1 Å². The minimum atomic E-state index is -0.459. The average Bonchev–Trinajstić information content (AvgIpc) is 2.42. The lowest BCUT2D eigenvalue weighted by Gasteiger charge is -2.30. The number of fused-ring (bicyclic) bond motifs is 4. The van der Waals surface area contributed by atoms with Crippen molar-refractivity contribution in [3.8, 4) is 0 Å². The number of carbonyl (C=O) groups is 1. The molecule has 2 N–H and O–H groups in total. The van der Waals surface area contributed by atoms with E-state index < -0.39 is 6.04 Å². The first-order valence-electron chi connectivity index (χ1n) is 5.90. The monoisotopic (exact) mass is 216 g/mol. The topological polar surface area (TPSA) is 46.3 Å². The molecule has 0 spiro atoms. The molecule has 2 atom stereocenters. The van der Waals surface area contributed by atoms with Crippen LogP contribution >= 0.6 is 0 Å². The smallest absolute Gasteiger partial charge is 0.244 e. The van der Waals surface area contributed by atoms with Crippen molar-refractivity contribution in [3.05, 3.63) is 35.4 Å². The second kappa shape index (κ2) is 3.59. The van der Waals surface area contributed by atoms with Gasteiger partial charge in [0.05, 0.1) is 0 Å². The van der Waals surface area contributed by atoms with Crippen LogP contribution in [0.15, 0.2) is 24.3 Å². The number of nitrogens with two attached hydrogens (primary N) is 1. The molecule has 16 heavy (non-hydrogen) atoms. The molecule has 1 fully saturated rings. The van der Waals surface area contributed by atoms with E-state index in [-0.39, 0.29) is 5.91 Å². The zero-order chi connectivity index (χ0) is 11.1. The number of hydrogen-bond donors (Lipinski definition) is 1. The maximum Gasteiger partial charge on any atom is 0.244 e. The molecular formula is C13H16N2O. The summed E-state index contributed by atoms with van der Waals surface area (Å²) in [4.78, 5) is 14.0. The molecule has 0 saturated carbocycles. The maximum atomic E-state index is 12.1. The molecule has 1 aromatic rings. The first-order valence-corrected chi connectivity index (χ1v) is 5.90. The van der Waals surface area contributed by atoms with Crippen molar-refractivity contribution in [2.75, 3.05) is 13.1 Å². The van der Waals surface area contributed by atoms with Gasteiger partial charge in [-0.1, -0.05) is 24.3 Å². The fourth-order valence-electron chi connectivity index (χ4n) is 2.93. The number of carbonyl (C=O) groups excluding carboxylic acids is 1. The third-order valence-electron chi connectivity index (χ3n) is 3.77. The summed E-state index contributed by atoms with van der Waals surface area (Å²) >= 11 is 0. The molecule has 2 aliphatic rings. The summed E-state index contributed by atoms with van der Waals surface area (Å²) < 4.78 is 0. The van der Waals surface area contributed by atoms with Crippen LogP contribution in [-0.4, -0.2) is 23.9 Å². The van der Waals surface area contributed by atoms with Crippen LogP contribution < -0.4 is 5.73 Å². The fourth-order valence-corrected chi connectivity index (χ4v) is 2.93. The van der Waals surface area contributed by atoms with Crippen LogP contribution in [0.2, 0.25) is 0 Å². The van der Waals surface area contributed by atoms with Crippen molar-refractivity contribution < 1.29 is 4.79 Å². The first kappa shape index (κ1) is 9.85. The molecule has 1 saturated heterocycles. The Morgan fingerprint density at radius 2 is 2.00 bits per heavy atom. The molecule has 1 amide bonds. The Bertz CT molecular complexity index is 430. The van der Waals surface area contributed by atoms with Gasteiger partial charge in [-0.25, -0.2) is 0 Å². The number of benzene rings is 1. The van der Waals surface area contributed by atoms with E-state index in [2.05, 4.69) is 6.07 Å². The van der Waals surface area contributed by atoms with E-state index in [1.807, 2.05) is 23.1 Å². The van der Waals surface area contributed by atoms with Gasteiger partial charge in [-0.3, -0.25) is 4.79 Å². The predicted octanol–water partition coefficient (Wildman–Crippen LogP) is 1.41. The van der Waals surface area contributed by atoms with Crippen LogP contribution in [0, 0.1) is 0 Å². The Morgan fingerprint density at radius 3 is 2.81 bits per heavy atom. The third kappa shape index (κ3) is 1.35. The summed E-state index contributed by atoms with van der Waals surface area (Å²) in [6.45, 7) is 1.72. The normalized spacial score (nSPS) is 28.6. The van der Waals surface area contributed by atoms with Crippen LogP contribution in [0.25, 0.3) is 0 Å². The highest BCUT2D eigenvalue weighted by molar-refractivity contribution is 5.84. The van der Waals surface area contributed by atoms with E-state index in [1.165, 1.54) is 12.0 Å². The molecule has 3 rings (SSSR count). The van der Waals surface area contributed by atoms with Crippen molar-refractivity contribution in [3.63, 3.8) is 0 Å². The van der Waals surface area contributed by atoms with Crippen LogP contribution in [0.1, 0.15) is 35.9 Å². The van der Waals surface area contributed by atoms with E-state index in [1.54, 1.807) is 0 Å². The number of nitrogens with zero attached hydrogens (tertiary/aromatic N) is 1. The molecule has 0 radical (unpaired) electrons. The molecule has 2 aliphatic heterocycles. The SMILES string of the molecule is N[C@@H]1C(=O)N2CCC[C@@H](C2)c2ccccc21. The standard InChI is InChI=1S/C13H16N2O/c14-12-11-6-2-1-5-10(11)9-4-3-7-15(8-9)13(12)16/h1-2,5-6,9,12H,3-4,7-8,14H2/t9-,12-/m0/s1. The van der Waals surface area contributed by atoms with Gasteiger partial charge in [-0.05, 0) is 24.0 Å². The van der Waals surface area contributed by atoms with Gasteiger partial charge in [0.25, 0.3) is 0 Å². The Hall–Kier alpha value is -1.35. The molecule has 3 heteroatoms. The maximum absolute atomic E-state index is 12.1. The summed E-state index contributed by atoms with van der Waals surface area (Å²) in [5, 5.41) is 0. The molecule has 2 bridgehead atoms. The van der Waals surface area contributed by atoms with Crippen molar-refractivity contribution in [2.45, 2.75) is 24.8 Å². The lowest BCUT2D eigenvalue weighted by Crippen LogP contribution is -2.41. The lowest BCUT2D eigenvalue weighted by atomic mass is 9.88. The number of rotatable bonds is 0. The number of piperidine rings is 1. The van der Waals surface area contributed by atoms with Gasteiger partial charge in [-0.2, -0.15) is 0 Å². The summed E-state index contributed by atoms with van der Waals surface area (Å²) in [5.41, 5.74) is 8.37. The molecule has 0 aromatic heterocycles. The minimum Gasteiger partial charge on any atom is -0.340 e. The second-order valence-electron chi connectivity index (χ2n) is 4.73. The molecule has 0 unspecified atom stereocenters. The number of amides is 1. The molecule has 0 aliphatic carbocycles. The van der Waals surface area contributed by atoms with Crippen molar-refractivity contribution in [1.29, 1.82) is 0 Å². The zero-order valence-electron chi connectivity index (χ0n) is 9.23. The highest BCUT2D eigenvalue weighted by atomic mass is 16.2. The highest BCUT2D eigenvalue weighted by Crippen LogP contribution is 2.35. The average molecular weight is 216 g/mol. The van der Waals surface area contributed by atoms with Crippen LogP contribution in [0.5, 0.6) is 0 Å². The van der Waals surface area contributed by atoms with Crippen molar-refractivity contribution in [1.82, 2.24) is 4.90 Å². The zero-order valence-corrected chi connectivity index (χ0v) is 9.23. The predicted molar refractivity (Wildman–Crippen MR) is 61.9 cm³/mol. The molecular weight excluding hydrogens is 200 g/mol. The van der Waals surface area contributed by atoms with Crippen LogP contribution in [0.4, 0.5) is 0 Å².